The first-order valence-corrected chi connectivity index (χ1v) is 7.48. The van der Waals surface area contributed by atoms with Crippen LogP contribution < -0.4 is 5.32 Å². The van der Waals surface area contributed by atoms with E-state index in [0.29, 0.717) is 5.82 Å². The van der Waals surface area contributed by atoms with E-state index in [0.717, 1.165) is 17.1 Å². The van der Waals surface area contributed by atoms with E-state index in [4.69, 9.17) is 23.2 Å². The summed E-state index contributed by atoms with van der Waals surface area (Å²) in [4.78, 5) is 7.84. The van der Waals surface area contributed by atoms with Gasteiger partial charge in [0.1, 0.15) is 11.0 Å². The summed E-state index contributed by atoms with van der Waals surface area (Å²) in [5.74, 6) is 0.522. The van der Waals surface area contributed by atoms with E-state index in [1.807, 2.05) is 54.6 Å². The van der Waals surface area contributed by atoms with Crippen LogP contribution in [0.5, 0.6) is 0 Å². The van der Waals surface area contributed by atoms with Gasteiger partial charge in [0.25, 0.3) is 0 Å². The lowest BCUT2D eigenvalue weighted by Crippen LogP contribution is -1.95. The molecular formula is C16H11Cl2N5. The predicted molar refractivity (Wildman–Crippen MR) is 92.4 cm³/mol. The maximum Gasteiger partial charge on any atom is 0.225 e. The summed E-state index contributed by atoms with van der Waals surface area (Å²) in [5.41, 5.74) is 2.38. The van der Waals surface area contributed by atoms with Crippen molar-refractivity contribution in [2.75, 3.05) is 5.32 Å². The predicted octanol–water partition coefficient (Wildman–Crippen LogP) is 5.94. The van der Waals surface area contributed by atoms with Crippen LogP contribution in [0.25, 0.3) is 0 Å². The fraction of sp³-hybridized carbons (Fsp3) is 0. The van der Waals surface area contributed by atoms with Gasteiger partial charge in [0.05, 0.1) is 11.4 Å². The maximum atomic E-state index is 5.84. The summed E-state index contributed by atoms with van der Waals surface area (Å²) in [7, 11) is 0. The third-order valence-corrected chi connectivity index (χ3v) is 3.21. The second-order valence-electron chi connectivity index (χ2n) is 4.55. The van der Waals surface area contributed by atoms with Crippen molar-refractivity contribution >= 4 is 46.1 Å². The van der Waals surface area contributed by atoms with Crippen LogP contribution in [0.4, 0.5) is 22.9 Å². The molecule has 0 bridgehead atoms. The number of rotatable bonds is 4. The summed E-state index contributed by atoms with van der Waals surface area (Å²) in [6, 6.07) is 18.6. The van der Waals surface area contributed by atoms with Gasteiger partial charge in [-0.05, 0) is 48.0 Å². The molecule has 0 aliphatic heterocycles. The van der Waals surface area contributed by atoms with Crippen LogP contribution in [0.1, 0.15) is 0 Å². The van der Waals surface area contributed by atoms with Crippen LogP contribution in [-0.2, 0) is 0 Å². The Hall–Kier alpha value is -2.50. The van der Waals surface area contributed by atoms with Crippen molar-refractivity contribution in [1.82, 2.24) is 9.97 Å². The highest BCUT2D eigenvalue weighted by Crippen LogP contribution is 2.23. The van der Waals surface area contributed by atoms with Gasteiger partial charge in [-0.2, -0.15) is 10.2 Å². The first kappa shape index (κ1) is 15.4. The van der Waals surface area contributed by atoms with Gasteiger partial charge in [-0.3, -0.25) is 0 Å². The number of nitrogens with zero attached hydrogens (tertiary/aromatic N) is 4. The number of azo groups is 1. The molecule has 1 N–H and O–H groups in total. The number of nitrogens with one attached hydrogen (secondary N) is 1. The summed E-state index contributed by atoms with van der Waals surface area (Å²) in [6.07, 6.45) is 0. The Morgan fingerprint density at radius 1 is 0.783 bits per heavy atom. The van der Waals surface area contributed by atoms with E-state index in [1.54, 1.807) is 6.07 Å². The van der Waals surface area contributed by atoms with Crippen LogP contribution in [-0.4, -0.2) is 9.97 Å². The minimum absolute atomic E-state index is 0.0910. The van der Waals surface area contributed by atoms with E-state index in [-0.39, 0.29) is 10.4 Å². The average molecular weight is 344 g/mol. The highest BCUT2D eigenvalue weighted by Gasteiger charge is 2.02. The molecule has 114 valence electrons. The van der Waals surface area contributed by atoms with Gasteiger partial charge in [0, 0.05) is 11.8 Å². The van der Waals surface area contributed by atoms with Gasteiger partial charge >= 0.3 is 0 Å². The van der Waals surface area contributed by atoms with E-state index in [2.05, 4.69) is 25.5 Å². The zero-order valence-electron chi connectivity index (χ0n) is 11.8. The zero-order valence-corrected chi connectivity index (χ0v) is 13.3. The number of aromatic nitrogens is 2. The summed E-state index contributed by atoms with van der Waals surface area (Å²) in [5, 5.41) is 11.8. The molecule has 0 fully saturated rings. The van der Waals surface area contributed by atoms with Crippen molar-refractivity contribution in [2.45, 2.75) is 0 Å². The smallest absolute Gasteiger partial charge is 0.225 e. The van der Waals surface area contributed by atoms with Gasteiger partial charge in [0.15, 0.2) is 0 Å². The number of benzene rings is 2. The highest BCUT2D eigenvalue weighted by molar-refractivity contribution is 6.32. The fourth-order valence-corrected chi connectivity index (χ4v) is 2.23. The van der Waals surface area contributed by atoms with Crippen molar-refractivity contribution in [3.05, 3.63) is 71.1 Å². The molecule has 0 atom stereocenters. The van der Waals surface area contributed by atoms with Gasteiger partial charge in [0.2, 0.25) is 5.28 Å². The Balaban J connectivity index is 1.71. The van der Waals surface area contributed by atoms with E-state index >= 15 is 0 Å². The van der Waals surface area contributed by atoms with Gasteiger partial charge < -0.3 is 5.32 Å². The van der Waals surface area contributed by atoms with Crippen molar-refractivity contribution < 1.29 is 0 Å². The van der Waals surface area contributed by atoms with Gasteiger partial charge in [-0.1, -0.05) is 29.8 Å². The van der Waals surface area contributed by atoms with Crippen molar-refractivity contribution in [3.63, 3.8) is 0 Å². The molecular weight excluding hydrogens is 333 g/mol. The summed E-state index contributed by atoms with van der Waals surface area (Å²) >= 11 is 11.6. The minimum Gasteiger partial charge on any atom is -0.340 e. The number of halogens is 2. The second-order valence-corrected chi connectivity index (χ2v) is 5.28. The maximum absolute atomic E-state index is 5.84. The fourth-order valence-electron chi connectivity index (χ4n) is 1.82. The molecule has 5 nitrogen and oxygen atoms in total. The third-order valence-electron chi connectivity index (χ3n) is 2.84. The molecule has 0 saturated carbocycles. The Kier molecular flexibility index (Phi) is 4.80. The molecule has 0 saturated heterocycles. The number of hydrogen-bond donors (Lipinski definition) is 1. The minimum atomic E-state index is 0.0910. The molecule has 3 aromatic rings. The molecule has 7 heteroatoms. The molecule has 23 heavy (non-hydrogen) atoms. The Morgan fingerprint density at radius 2 is 1.43 bits per heavy atom. The third kappa shape index (κ3) is 4.48. The molecule has 0 amide bonds. The number of hydrogen-bond acceptors (Lipinski definition) is 5. The van der Waals surface area contributed by atoms with Crippen molar-refractivity contribution in [2.24, 2.45) is 10.2 Å². The lowest BCUT2D eigenvalue weighted by atomic mass is 10.3. The van der Waals surface area contributed by atoms with Crippen LogP contribution >= 0.6 is 23.2 Å². The lowest BCUT2D eigenvalue weighted by Gasteiger charge is -2.06. The van der Waals surface area contributed by atoms with Crippen LogP contribution in [0, 0.1) is 0 Å². The standard InChI is InChI=1S/C16H11Cl2N5/c17-14-10-15(21-16(18)20-14)19-11-6-8-13(9-7-11)23-22-12-4-2-1-3-5-12/h1-10H,(H,19,20,21). The van der Waals surface area contributed by atoms with Crippen molar-refractivity contribution in [3.8, 4) is 0 Å². The summed E-state index contributed by atoms with van der Waals surface area (Å²) < 4.78 is 0. The van der Waals surface area contributed by atoms with Crippen LogP contribution in [0.3, 0.4) is 0 Å². The number of anilines is 2. The molecule has 1 aromatic heterocycles. The van der Waals surface area contributed by atoms with Crippen LogP contribution in [0.15, 0.2) is 70.9 Å². The molecule has 0 aliphatic carbocycles. The zero-order chi connectivity index (χ0) is 16.1. The van der Waals surface area contributed by atoms with Crippen molar-refractivity contribution in [1.29, 1.82) is 0 Å². The molecule has 1 heterocycles. The Morgan fingerprint density at radius 3 is 2.09 bits per heavy atom. The van der Waals surface area contributed by atoms with Crippen LogP contribution in [0.2, 0.25) is 10.4 Å². The topological polar surface area (TPSA) is 62.5 Å². The normalized spacial score (nSPS) is 10.9. The lowest BCUT2D eigenvalue weighted by molar-refractivity contribution is 1.17. The molecule has 2 aromatic carbocycles. The molecule has 0 spiro atoms. The Labute approximate surface area is 143 Å². The van der Waals surface area contributed by atoms with E-state index in [9.17, 15) is 0 Å². The van der Waals surface area contributed by atoms with E-state index in [1.165, 1.54) is 0 Å². The van der Waals surface area contributed by atoms with Gasteiger partial charge in [-0.15, -0.1) is 0 Å². The monoisotopic (exact) mass is 343 g/mol. The second kappa shape index (κ2) is 7.17. The molecule has 0 radical (unpaired) electrons. The first-order valence-electron chi connectivity index (χ1n) is 6.73. The molecule has 0 unspecified atom stereocenters. The highest BCUT2D eigenvalue weighted by atomic mass is 35.5. The molecule has 0 aliphatic rings. The average Bonchev–Trinajstić information content (AvgIpc) is 2.54. The first-order chi connectivity index (χ1) is 11.2. The van der Waals surface area contributed by atoms with E-state index < -0.39 is 0 Å². The largest absolute Gasteiger partial charge is 0.340 e. The Bertz CT molecular complexity index is 799. The SMILES string of the molecule is Clc1cc(Nc2ccc(N=Nc3ccccc3)cc2)nc(Cl)n1. The molecule has 3 rings (SSSR count). The quantitative estimate of drug-likeness (QED) is 0.362. The summed E-state index contributed by atoms with van der Waals surface area (Å²) in [6.45, 7) is 0. The van der Waals surface area contributed by atoms with Gasteiger partial charge in [-0.25, -0.2) is 9.97 Å².